The summed E-state index contributed by atoms with van der Waals surface area (Å²) in [6.45, 7) is 3.79. The molecule has 2 atom stereocenters. The lowest BCUT2D eigenvalue weighted by molar-refractivity contribution is -0.151. The third-order valence-electron chi connectivity index (χ3n) is 7.01. The molecule has 1 aromatic carbocycles. The quantitative estimate of drug-likeness (QED) is 0.108. The van der Waals surface area contributed by atoms with Gasteiger partial charge in [-0.1, -0.05) is 68.7 Å². The Balaban J connectivity index is 1.75. The molecule has 4 N–H and O–H groups in total. The first-order valence-electron chi connectivity index (χ1n) is 15.5. The van der Waals surface area contributed by atoms with E-state index in [1.165, 1.54) is 53.1 Å². The second-order valence-corrected chi connectivity index (χ2v) is 12.8. The highest BCUT2D eigenvalue weighted by Gasteiger charge is 2.28. The van der Waals surface area contributed by atoms with Crippen LogP contribution in [0, 0.1) is 0 Å². The SMILES string of the molecule is CC=C1NC(=O)c2csc(n2)CNC(=O)C[C@@H](C=CCCSC(=O)CCCCCCC)OC(=O)[C@H](Cc2ccc(O)cc2)NC1=O. The topological polar surface area (TPSA) is 164 Å². The molecule has 0 fully saturated rings. The molecule has 2 aromatic rings. The molecule has 0 saturated heterocycles. The number of nitrogens with zero attached hydrogens (tertiary/aromatic N) is 1. The number of hydrogen-bond donors (Lipinski definition) is 4. The minimum Gasteiger partial charge on any atom is -0.508 e. The fraction of sp³-hybridized carbons (Fsp3) is 0.455. The first-order valence-corrected chi connectivity index (χ1v) is 17.3. The van der Waals surface area contributed by atoms with Crippen LogP contribution >= 0.6 is 23.1 Å². The molecule has 2 heterocycles. The molecule has 0 spiro atoms. The summed E-state index contributed by atoms with van der Waals surface area (Å²) in [6, 6.07) is 4.96. The molecule has 0 aliphatic carbocycles. The average Bonchev–Trinajstić information content (AvgIpc) is 3.51. The number of benzene rings is 1. The van der Waals surface area contributed by atoms with Gasteiger partial charge in [0.1, 0.15) is 34.3 Å². The monoisotopic (exact) mass is 670 g/mol. The number of thiazole rings is 1. The predicted octanol–water partition coefficient (Wildman–Crippen LogP) is 4.71. The Labute approximate surface area is 277 Å². The first kappa shape index (κ1) is 36.5. The van der Waals surface area contributed by atoms with Crippen LogP contribution in [0.25, 0.3) is 0 Å². The van der Waals surface area contributed by atoms with Crippen molar-refractivity contribution in [3.63, 3.8) is 0 Å². The Morgan fingerprint density at radius 2 is 1.87 bits per heavy atom. The molecular formula is C33H42N4O7S2. The zero-order chi connectivity index (χ0) is 33.3. The Bertz CT molecular complexity index is 1400. The van der Waals surface area contributed by atoms with E-state index in [1.807, 2.05) is 0 Å². The number of aromatic nitrogens is 1. The van der Waals surface area contributed by atoms with E-state index in [1.54, 1.807) is 31.2 Å². The van der Waals surface area contributed by atoms with Crippen molar-refractivity contribution < 1.29 is 33.8 Å². The van der Waals surface area contributed by atoms with Gasteiger partial charge in [-0.15, -0.1) is 11.3 Å². The van der Waals surface area contributed by atoms with E-state index < -0.39 is 35.8 Å². The number of carbonyl (C=O) groups excluding carboxylic acids is 5. The lowest BCUT2D eigenvalue weighted by Gasteiger charge is -2.22. The van der Waals surface area contributed by atoms with Gasteiger partial charge in [0, 0.05) is 24.0 Å². The van der Waals surface area contributed by atoms with E-state index in [-0.39, 0.29) is 41.6 Å². The van der Waals surface area contributed by atoms with E-state index in [2.05, 4.69) is 27.9 Å². The van der Waals surface area contributed by atoms with Gasteiger partial charge in [-0.3, -0.25) is 19.2 Å². The maximum Gasteiger partial charge on any atom is 0.329 e. The predicted molar refractivity (Wildman–Crippen MR) is 178 cm³/mol. The maximum atomic E-state index is 13.5. The van der Waals surface area contributed by atoms with Gasteiger partial charge >= 0.3 is 5.97 Å². The van der Waals surface area contributed by atoms with Crippen LogP contribution in [0.1, 0.15) is 86.3 Å². The number of cyclic esters (lactones) is 1. The van der Waals surface area contributed by atoms with Crippen LogP contribution in [0.15, 0.2) is 53.6 Å². The average molecular weight is 671 g/mol. The number of rotatable bonds is 12. The molecule has 13 heteroatoms. The van der Waals surface area contributed by atoms with Crippen LogP contribution in [-0.4, -0.2) is 56.8 Å². The summed E-state index contributed by atoms with van der Waals surface area (Å²) < 4.78 is 5.77. The van der Waals surface area contributed by atoms with Crippen molar-refractivity contribution in [2.75, 3.05) is 5.75 Å². The van der Waals surface area contributed by atoms with Gasteiger partial charge in [-0.05, 0) is 43.5 Å². The summed E-state index contributed by atoms with van der Waals surface area (Å²) in [5.74, 6) is -1.91. The van der Waals surface area contributed by atoms with Crippen molar-refractivity contribution in [3.05, 3.63) is 69.8 Å². The molecule has 1 aromatic heterocycles. The van der Waals surface area contributed by atoms with E-state index >= 15 is 0 Å². The van der Waals surface area contributed by atoms with Gasteiger partial charge in [0.25, 0.3) is 11.8 Å². The smallest absolute Gasteiger partial charge is 0.329 e. The lowest BCUT2D eigenvalue weighted by atomic mass is 10.1. The Hall–Kier alpha value is -3.97. The van der Waals surface area contributed by atoms with Gasteiger partial charge in [0.05, 0.1) is 13.0 Å². The van der Waals surface area contributed by atoms with Gasteiger partial charge < -0.3 is 25.8 Å². The van der Waals surface area contributed by atoms with Gasteiger partial charge in [-0.25, -0.2) is 9.78 Å². The summed E-state index contributed by atoms with van der Waals surface area (Å²) in [6.07, 6.45) is 10.2. The van der Waals surface area contributed by atoms with Gasteiger partial charge in [0.15, 0.2) is 5.12 Å². The van der Waals surface area contributed by atoms with E-state index in [9.17, 15) is 29.1 Å². The zero-order valence-corrected chi connectivity index (χ0v) is 27.8. The Morgan fingerprint density at radius 3 is 2.61 bits per heavy atom. The van der Waals surface area contributed by atoms with Crippen LogP contribution < -0.4 is 16.0 Å². The number of amides is 3. The summed E-state index contributed by atoms with van der Waals surface area (Å²) in [5.41, 5.74) is 0.641. The molecule has 0 radical (unpaired) electrons. The maximum absolute atomic E-state index is 13.5. The first-order chi connectivity index (χ1) is 22.2. The fourth-order valence-corrected chi connectivity index (χ4v) is 5.97. The van der Waals surface area contributed by atoms with E-state index in [4.69, 9.17) is 4.74 Å². The van der Waals surface area contributed by atoms with Crippen molar-refractivity contribution in [2.45, 2.75) is 90.3 Å². The highest BCUT2D eigenvalue weighted by molar-refractivity contribution is 8.13. The third-order valence-corrected chi connectivity index (χ3v) is 8.82. The summed E-state index contributed by atoms with van der Waals surface area (Å²) >= 11 is 2.45. The Morgan fingerprint density at radius 1 is 1.11 bits per heavy atom. The van der Waals surface area contributed by atoms with Gasteiger partial charge in [-0.2, -0.15) is 0 Å². The number of thioether (sulfide) groups is 1. The van der Waals surface area contributed by atoms with Gasteiger partial charge in [0.2, 0.25) is 5.91 Å². The summed E-state index contributed by atoms with van der Waals surface area (Å²) in [4.78, 5) is 68.9. The molecule has 248 valence electrons. The number of esters is 1. The number of allylic oxidation sites excluding steroid dienone is 2. The van der Waals surface area contributed by atoms with Crippen molar-refractivity contribution >= 4 is 51.9 Å². The molecule has 11 nitrogen and oxygen atoms in total. The molecular weight excluding hydrogens is 629 g/mol. The number of nitrogens with one attached hydrogen (secondary N) is 3. The zero-order valence-electron chi connectivity index (χ0n) is 26.2. The summed E-state index contributed by atoms with van der Waals surface area (Å²) in [7, 11) is 0. The van der Waals surface area contributed by atoms with Crippen molar-refractivity contribution in [1.82, 2.24) is 20.9 Å². The summed E-state index contributed by atoms with van der Waals surface area (Å²) in [5, 5.41) is 19.8. The number of unbranched alkanes of at least 4 members (excludes halogenated alkanes) is 4. The number of fused-ring (bicyclic) bond motifs is 2. The highest BCUT2D eigenvalue weighted by atomic mass is 32.2. The van der Waals surface area contributed by atoms with Crippen LogP contribution in [0.2, 0.25) is 0 Å². The minimum atomic E-state index is -1.19. The minimum absolute atomic E-state index is 0.0189. The van der Waals surface area contributed by atoms with Crippen molar-refractivity contribution in [2.24, 2.45) is 0 Å². The van der Waals surface area contributed by atoms with Crippen molar-refractivity contribution in [3.8, 4) is 5.75 Å². The second kappa shape index (κ2) is 19.5. The molecule has 46 heavy (non-hydrogen) atoms. The number of carbonyl (C=O) groups is 5. The largest absolute Gasteiger partial charge is 0.508 e. The number of phenolic OH excluding ortho intramolecular Hbond substituents is 1. The second-order valence-electron chi connectivity index (χ2n) is 10.7. The van der Waals surface area contributed by atoms with Crippen LogP contribution in [0.4, 0.5) is 0 Å². The van der Waals surface area contributed by atoms with Crippen molar-refractivity contribution in [1.29, 1.82) is 0 Å². The molecule has 2 bridgehead atoms. The van der Waals surface area contributed by atoms with Crippen LogP contribution in [0.5, 0.6) is 5.75 Å². The third kappa shape index (κ3) is 12.8. The molecule has 1 aliphatic rings. The van der Waals surface area contributed by atoms with Crippen LogP contribution in [0.3, 0.4) is 0 Å². The fourth-order valence-electron chi connectivity index (χ4n) is 4.48. The standard InChI is InChI=1S/C33H42N4O7S2/c1-3-5-6-7-8-12-30(40)45-17-10-9-11-24-19-28(39)34-20-29-35-27(21-46-29)32(42)36-25(4-2)31(41)37-26(33(43)44-24)18-22-13-15-23(38)16-14-22/h4,9,11,13-16,21,24,26,38H,3,5-8,10,12,17-20H2,1-2H3,(H,34,39)(H,36,42)(H,37,41)/t24-,26+/m1/s1. The lowest BCUT2D eigenvalue weighted by Crippen LogP contribution is -2.47. The number of phenols is 1. The van der Waals surface area contributed by atoms with Crippen LogP contribution in [-0.2, 0) is 36.9 Å². The molecule has 3 rings (SSSR count). The normalized spacial score (nSPS) is 19.0. The van der Waals surface area contributed by atoms with E-state index in [0.717, 1.165) is 25.7 Å². The molecule has 0 saturated carbocycles. The number of aromatic hydroxyl groups is 1. The molecule has 3 amide bonds. The molecule has 0 unspecified atom stereocenters. The van der Waals surface area contributed by atoms with E-state index in [0.29, 0.717) is 29.2 Å². The Kier molecular flexibility index (Phi) is 15.5. The molecule has 1 aliphatic heterocycles. The number of hydrogen-bond acceptors (Lipinski definition) is 10. The number of ether oxygens (including phenoxy) is 1. The highest BCUT2D eigenvalue weighted by Crippen LogP contribution is 2.16.